The van der Waals surface area contributed by atoms with E-state index in [2.05, 4.69) is 25.4 Å². The van der Waals surface area contributed by atoms with Gasteiger partial charge in [0.25, 0.3) is 0 Å². The van der Waals surface area contributed by atoms with Crippen molar-refractivity contribution in [3.8, 4) is 0 Å². The van der Waals surface area contributed by atoms with Crippen molar-refractivity contribution in [1.29, 1.82) is 0 Å². The van der Waals surface area contributed by atoms with Crippen LogP contribution in [-0.2, 0) is 4.79 Å². The van der Waals surface area contributed by atoms with E-state index in [0.717, 1.165) is 11.8 Å². The second-order valence-corrected chi connectivity index (χ2v) is 5.21. The molecule has 0 bridgehead atoms. The van der Waals surface area contributed by atoms with E-state index in [9.17, 15) is 4.79 Å². The molecule has 0 saturated heterocycles. The van der Waals surface area contributed by atoms with Gasteiger partial charge in [0.1, 0.15) is 5.76 Å². The second kappa shape index (κ2) is 5.74. The first kappa shape index (κ1) is 14.1. The van der Waals surface area contributed by atoms with Crippen molar-refractivity contribution < 1.29 is 9.32 Å². The molecule has 2 aromatic heterocycles. The summed E-state index contributed by atoms with van der Waals surface area (Å²) < 4.78 is 4.86. The summed E-state index contributed by atoms with van der Waals surface area (Å²) in [6.07, 6.45) is 0. The Hall–Kier alpha value is -2.36. The van der Waals surface area contributed by atoms with Crippen LogP contribution in [0.1, 0.15) is 12.7 Å². The number of hydrogen-bond donors (Lipinski definition) is 3. The molecule has 0 spiro atoms. The lowest BCUT2D eigenvalue weighted by Crippen LogP contribution is -2.23. The van der Waals surface area contributed by atoms with E-state index in [4.69, 9.17) is 16.0 Å². The Balaban J connectivity index is 2.00. The first-order valence-corrected chi connectivity index (χ1v) is 6.50. The summed E-state index contributed by atoms with van der Waals surface area (Å²) in [4.78, 5) is 23.4. The molecule has 0 radical (unpaired) electrons. The minimum Gasteiger partial charge on any atom is -0.368 e. The molecule has 2 aromatic rings. The van der Waals surface area contributed by atoms with Gasteiger partial charge in [-0.15, -0.1) is 0 Å². The van der Waals surface area contributed by atoms with E-state index in [1.807, 2.05) is 0 Å². The number of amides is 1. The van der Waals surface area contributed by atoms with Crippen LogP contribution in [0.25, 0.3) is 0 Å². The lowest BCUT2D eigenvalue weighted by Gasteiger charge is -2.09. The molecule has 0 unspecified atom stereocenters. The van der Waals surface area contributed by atoms with Crippen LogP contribution in [0.5, 0.6) is 0 Å². The SMILES string of the molecule is Cc1cc(NC(=O)[C@@H](C)Sc2nc(N)nc(N)n2)no1. The minimum absolute atomic E-state index is 0.0136. The van der Waals surface area contributed by atoms with E-state index in [0.29, 0.717) is 11.6 Å². The van der Waals surface area contributed by atoms with Crippen LogP contribution in [-0.4, -0.2) is 31.3 Å². The first-order chi connectivity index (χ1) is 9.44. The summed E-state index contributed by atoms with van der Waals surface area (Å²) in [6, 6.07) is 1.62. The highest BCUT2D eigenvalue weighted by molar-refractivity contribution is 8.00. The van der Waals surface area contributed by atoms with E-state index < -0.39 is 5.25 Å². The molecule has 9 nitrogen and oxygen atoms in total. The largest absolute Gasteiger partial charge is 0.368 e. The number of carbonyl (C=O) groups is 1. The van der Waals surface area contributed by atoms with Crippen LogP contribution in [0.15, 0.2) is 15.7 Å². The molecule has 20 heavy (non-hydrogen) atoms. The van der Waals surface area contributed by atoms with Crippen LogP contribution >= 0.6 is 11.8 Å². The molecule has 0 aliphatic rings. The predicted molar refractivity (Wildman–Crippen MR) is 73.8 cm³/mol. The van der Waals surface area contributed by atoms with Gasteiger partial charge in [0.2, 0.25) is 17.8 Å². The van der Waals surface area contributed by atoms with Gasteiger partial charge in [0.05, 0.1) is 5.25 Å². The topological polar surface area (TPSA) is 146 Å². The molecule has 0 aromatic carbocycles. The van der Waals surface area contributed by atoms with Crippen molar-refractivity contribution in [3.05, 3.63) is 11.8 Å². The van der Waals surface area contributed by atoms with Crippen molar-refractivity contribution in [1.82, 2.24) is 20.1 Å². The third-order valence-corrected chi connectivity index (χ3v) is 3.14. The lowest BCUT2D eigenvalue weighted by molar-refractivity contribution is -0.115. The van der Waals surface area contributed by atoms with Crippen LogP contribution in [0, 0.1) is 6.92 Å². The van der Waals surface area contributed by atoms with Gasteiger partial charge in [0, 0.05) is 6.07 Å². The van der Waals surface area contributed by atoms with Crippen molar-refractivity contribution in [3.63, 3.8) is 0 Å². The molecule has 2 heterocycles. The fourth-order valence-corrected chi connectivity index (χ4v) is 2.08. The Morgan fingerprint density at radius 3 is 2.55 bits per heavy atom. The summed E-state index contributed by atoms with van der Waals surface area (Å²) in [5.41, 5.74) is 10.9. The molecular formula is C10H13N7O2S. The van der Waals surface area contributed by atoms with Gasteiger partial charge in [-0.3, -0.25) is 4.79 Å². The number of aromatic nitrogens is 4. The smallest absolute Gasteiger partial charge is 0.238 e. The Morgan fingerprint density at radius 2 is 2.00 bits per heavy atom. The van der Waals surface area contributed by atoms with Crippen LogP contribution in [0.3, 0.4) is 0 Å². The lowest BCUT2D eigenvalue weighted by atomic mass is 10.4. The van der Waals surface area contributed by atoms with Crippen molar-refractivity contribution >= 4 is 35.4 Å². The number of hydrogen-bond acceptors (Lipinski definition) is 9. The third kappa shape index (κ3) is 3.57. The maximum Gasteiger partial charge on any atom is 0.238 e. The molecule has 0 saturated carbocycles. The minimum atomic E-state index is -0.465. The van der Waals surface area contributed by atoms with Gasteiger partial charge in [0.15, 0.2) is 11.0 Å². The number of nitrogens with two attached hydrogens (primary N) is 2. The molecule has 0 fully saturated rings. The fraction of sp³-hybridized carbons (Fsp3) is 0.300. The predicted octanol–water partition coefficient (Wildman–Crippen LogP) is 0.452. The summed E-state index contributed by atoms with van der Waals surface area (Å²) in [5.74, 6) is 0.730. The molecular weight excluding hydrogens is 282 g/mol. The first-order valence-electron chi connectivity index (χ1n) is 5.62. The molecule has 10 heteroatoms. The fourth-order valence-electron chi connectivity index (χ4n) is 1.31. The highest BCUT2D eigenvalue weighted by atomic mass is 32.2. The standard InChI is InChI=1S/C10H13N7O2S/c1-4-3-6(17-19-4)13-7(18)5(2)20-10-15-8(11)14-9(12)16-10/h3,5H,1-2H3,(H,13,17,18)(H4,11,12,14,15,16)/t5-/m1/s1. The Morgan fingerprint density at radius 1 is 1.35 bits per heavy atom. The van der Waals surface area contributed by atoms with Gasteiger partial charge < -0.3 is 21.3 Å². The summed E-state index contributed by atoms with van der Waals surface area (Å²) in [5, 5.41) is 6.11. The summed E-state index contributed by atoms with van der Waals surface area (Å²) >= 11 is 1.11. The average Bonchev–Trinajstić information content (AvgIpc) is 2.73. The maximum absolute atomic E-state index is 11.9. The highest BCUT2D eigenvalue weighted by Crippen LogP contribution is 2.21. The van der Waals surface area contributed by atoms with E-state index in [1.54, 1.807) is 19.9 Å². The number of rotatable bonds is 4. The molecule has 2 rings (SSSR count). The zero-order valence-corrected chi connectivity index (χ0v) is 11.6. The molecule has 5 N–H and O–H groups in total. The summed E-state index contributed by atoms with van der Waals surface area (Å²) in [6.45, 7) is 3.43. The number of nitrogen functional groups attached to an aromatic ring is 2. The average molecular weight is 295 g/mol. The van der Waals surface area contributed by atoms with Gasteiger partial charge in [-0.2, -0.15) is 15.0 Å². The number of nitrogens with zero attached hydrogens (tertiary/aromatic N) is 4. The molecule has 0 aliphatic heterocycles. The maximum atomic E-state index is 11.9. The van der Waals surface area contributed by atoms with Crippen molar-refractivity contribution in [2.45, 2.75) is 24.3 Å². The second-order valence-electron chi connectivity index (χ2n) is 3.91. The zero-order valence-electron chi connectivity index (χ0n) is 10.8. The molecule has 106 valence electrons. The van der Waals surface area contributed by atoms with Crippen molar-refractivity contribution in [2.75, 3.05) is 16.8 Å². The molecule has 0 aliphatic carbocycles. The Bertz CT molecular complexity index is 610. The van der Waals surface area contributed by atoms with Gasteiger partial charge in [-0.05, 0) is 13.8 Å². The third-order valence-electron chi connectivity index (χ3n) is 2.18. The van der Waals surface area contributed by atoms with Gasteiger partial charge in [-0.1, -0.05) is 16.9 Å². The number of nitrogens with one attached hydrogen (secondary N) is 1. The quantitative estimate of drug-likeness (QED) is 0.684. The molecule has 1 amide bonds. The Kier molecular flexibility index (Phi) is 4.03. The van der Waals surface area contributed by atoms with Crippen molar-refractivity contribution in [2.24, 2.45) is 0 Å². The monoisotopic (exact) mass is 295 g/mol. The van der Waals surface area contributed by atoms with Crippen LogP contribution < -0.4 is 16.8 Å². The summed E-state index contributed by atoms with van der Waals surface area (Å²) in [7, 11) is 0. The van der Waals surface area contributed by atoms with Gasteiger partial charge in [-0.25, -0.2) is 0 Å². The highest BCUT2D eigenvalue weighted by Gasteiger charge is 2.18. The zero-order chi connectivity index (χ0) is 14.7. The number of carbonyl (C=O) groups excluding carboxylic acids is 1. The van der Waals surface area contributed by atoms with Crippen LogP contribution in [0.2, 0.25) is 0 Å². The Labute approximate surface area is 118 Å². The molecule has 1 atom stereocenters. The van der Waals surface area contributed by atoms with E-state index in [-0.39, 0.29) is 23.0 Å². The number of aryl methyl sites for hydroxylation is 1. The number of anilines is 3. The van der Waals surface area contributed by atoms with E-state index in [1.165, 1.54) is 0 Å². The van der Waals surface area contributed by atoms with Gasteiger partial charge >= 0.3 is 0 Å². The van der Waals surface area contributed by atoms with E-state index >= 15 is 0 Å². The normalized spacial score (nSPS) is 12.1. The van der Waals surface area contributed by atoms with Crippen LogP contribution in [0.4, 0.5) is 17.7 Å². The number of thioether (sulfide) groups is 1.